The molecule has 0 fully saturated rings. The van der Waals surface area contributed by atoms with Gasteiger partial charge in [0.05, 0.1) is 18.5 Å². The summed E-state index contributed by atoms with van der Waals surface area (Å²) in [5.41, 5.74) is 1.09. The molecule has 3 rings (SSSR count). The number of carbonyl (C=O) groups excluding carboxylic acids is 2. The first-order valence-electron chi connectivity index (χ1n) is 9.90. The number of benzene rings is 2. The van der Waals surface area contributed by atoms with E-state index in [-0.39, 0.29) is 32.1 Å². The molecule has 2 aromatic carbocycles. The molecule has 0 aliphatic rings. The van der Waals surface area contributed by atoms with Gasteiger partial charge in [-0.15, -0.1) is 0 Å². The molecule has 1 aromatic heterocycles. The van der Waals surface area contributed by atoms with Crippen LogP contribution in [0.5, 0.6) is 11.5 Å². The smallest absolute Gasteiger partial charge is 0.307 e. The SMILES string of the molecule is CCCOc1ccc(OCCOC(=O)CCNC(=O)c2n[nH]c3ccccc23)cc1. The number of aromatic nitrogens is 2. The predicted molar refractivity (Wildman–Crippen MR) is 112 cm³/mol. The summed E-state index contributed by atoms with van der Waals surface area (Å²) < 4.78 is 16.2. The Bertz CT molecular complexity index is 968. The fraction of sp³-hybridized carbons (Fsp3) is 0.318. The summed E-state index contributed by atoms with van der Waals surface area (Å²) in [4.78, 5) is 24.0. The normalized spacial score (nSPS) is 10.6. The van der Waals surface area contributed by atoms with Crippen molar-refractivity contribution in [3.05, 3.63) is 54.2 Å². The zero-order valence-electron chi connectivity index (χ0n) is 16.8. The molecule has 2 N–H and O–H groups in total. The van der Waals surface area contributed by atoms with Crippen LogP contribution >= 0.6 is 0 Å². The number of fused-ring (bicyclic) bond motifs is 1. The highest BCUT2D eigenvalue weighted by atomic mass is 16.6. The van der Waals surface area contributed by atoms with E-state index in [9.17, 15) is 9.59 Å². The van der Waals surface area contributed by atoms with Gasteiger partial charge in [0.2, 0.25) is 0 Å². The van der Waals surface area contributed by atoms with Gasteiger partial charge in [-0.05, 0) is 36.8 Å². The standard InChI is InChI=1S/C22H25N3O5/c1-2-13-28-16-7-9-17(10-8-16)29-14-15-30-20(26)11-12-23-22(27)21-18-5-3-4-6-19(18)24-25-21/h3-10H,2,11-15H2,1H3,(H,23,27)(H,24,25). The van der Waals surface area contributed by atoms with Crippen LogP contribution in [0.1, 0.15) is 30.3 Å². The van der Waals surface area contributed by atoms with Gasteiger partial charge in [-0.1, -0.05) is 25.1 Å². The largest absolute Gasteiger partial charge is 0.494 e. The highest BCUT2D eigenvalue weighted by Crippen LogP contribution is 2.17. The van der Waals surface area contributed by atoms with Gasteiger partial charge in [-0.3, -0.25) is 14.7 Å². The van der Waals surface area contributed by atoms with Crippen molar-refractivity contribution in [1.82, 2.24) is 15.5 Å². The molecule has 0 atom stereocenters. The van der Waals surface area contributed by atoms with E-state index in [0.717, 1.165) is 23.1 Å². The maximum atomic E-state index is 12.2. The first-order chi connectivity index (χ1) is 14.7. The Morgan fingerprint density at radius 3 is 2.40 bits per heavy atom. The van der Waals surface area contributed by atoms with Gasteiger partial charge < -0.3 is 19.5 Å². The minimum absolute atomic E-state index is 0.0670. The van der Waals surface area contributed by atoms with Crippen LogP contribution in [0.2, 0.25) is 0 Å². The lowest BCUT2D eigenvalue weighted by Crippen LogP contribution is -2.27. The van der Waals surface area contributed by atoms with Crippen LogP contribution in [0.3, 0.4) is 0 Å². The summed E-state index contributed by atoms with van der Waals surface area (Å²) in [5.74, 6) is 0.720. The Morgan fingerprint density at radius 1 is 0.967 bits per heavy atom. The number of nitrogens with one attached hydrogen (secondary N) is 2. The summed E-state index contributed by atoms with van der Waals surface area (Å²) in [6, 6.07) is 14.6. The monoisotopic (exact) mass is 411 g/mol. The number of ether oxygens (including phenoxy) is 3. The Kier molecular flexibility index (Phi) is 7.65. The zero-order valence-corrected chi connectivity index (χ0v) is 16.8. The third-order valence-electron chi connectivity index (χ3n) is 4.21. The van der Waals surface area contributed by atoms with E-state index in [4.69, 9.17) is 14.2 Å². The number of para-hydroxylation sites is 1. The van der Waals surface area contributed by atoms with E-state index in [1.54, 1.807) is 12.1 Å². The van der Waals surface area contributed by atoms with Gasteiger partial charge in [-0.2, -0.15) is 5.10 Å². The molecule has 1 amide bonds. The topological polar surface area (TPSA) is 103 Å². The zero-order chi connectivity index (χ0) is 21.2. The van der Waals surface area contributed by atoms with E-state index < -0.39 is 5.97 Å². The fourth-order valence-corrected chi connectivity index (χ4v) is 2.74. The average Bonchev–Trinajstić information content (AvgIpc) is 3.20. The molecule has 158 valence electrons. The van der Waals surface area contributed by atoms with Gasteiger partial charge >= 0.3 is 5.97 Å². The van der Waals surface area contributed by atoms with E-state index in [1.807, 2.05) is 43.3 Å². The maximum Gasteiger partial charge on any atom is 0.307 e. The number of hydrogen-bond acceptors (Lipinski definition) is 6. The second-order valence-corrected chi connectivity index (χ2v) is 6.51. The Balaban J connectivity index is 1.31. The molecule has 1 heterocycles. The van der Waals surface area contributed by atoms with Crippen molar-refractivity contribution >= 4 is 22.8 Å². The number of H-pyrrole nitrogens is 1. The molecule has 0 saturated carbocycles. The van der Waals surface area contributed by atoms with Crippen molar-refractivity contribution in [2.24, 2.45) is 0 Å². The summed E-state index contributed by atoms with van der Waals surface area (Å²) in [6.07, 6.45) is 1.02. The Morgan fingerprint density at radius 2 is 1.67 bits per heavy atom. The van der Waals surface area contributed by atoms with Crippen molar-refractivity contribution in [2.75, 3.05) is 26.4 Å². The Hall–Kier alpha value is -3.55. The van der Waals surface area contributed by atoms with Crippen molar-refractivity contribution in [3.63, 3.8) is 0 Å². The van der Waals surface area contributed by atoms with E-state index >= 15 is 0 Å². The summed E-state index contributed by atoms with van der Waals surface area (Å²) in [6.45, 7) is 3.26. The molecule has 0 radical (unpaired) electrons. The summed E-state index contributed by atoms with van der Waals surface area (Å²) in [5, 5.41) is 10.2. The minimum Gasteiger partial charge on any atom is -0.494 e. The van der Waals surface area contributed by atoms with E-state index in [2.05, 4.69) is 15.5 Å². The number of amides is 1. The number of hydrogen-bond donors (Lipinski definition) is 2. The van der Waals surface area contributed by atoms with Crippen molar-refractivity contribution < 1.29 is 23.8 Å². The molecule has 0 saturated heterocycles. The van der Waals surface area contributed by atoms with Gasteiger partial charge in [0.1, 0.15) is 24.7 Å². The highest BCUT2D eigenvalue weighted by Gasteiger charge is 2.14. The predicted octanol–water partition coefficient (Wildman–Crippen LogP) is 3.09. The number of rotatable bonds is 11. The third kappa shape index (κ3) is 5.97. The maximum absolute atomic E-state index is 12.2. The number of aromatic amines is 1. The van der Waals surface area contributed by atoms with Crippen LogP contribution in [0.25, 0.3) is 10.9 Å². The van der Waals surface area contributed by atoms with Gasteiger partial charge in [-0.25, -0.2) is 0 Å². The van der Waals surface area contributed by atoms with Crippen LogP contribution in [0.15, 0.2) is 48.5 Å². The lowest BCUT2D eigenvalue weighted by molar-refractivity contribution is -0.144. The molecule has 30 heavy (non-hydrogen) atoms. The molecule has 0 aliphatic carbocycles. The first kappa shape index (κ1) is 21.2. The summed E-state index contributed by atoms with van der Waals surface area (Å²) >= 11 is 0. The van der Waals surface area contributed by atoms with Gasteiger partial charge in [0.25, 0.3) is 5.91 Å². The van der Waals surface area contributed by atoms with E-state index in [0.29, 0.717) is 18.1 Å². The third-order valence-corrected chi connectivity index (χ3v) is 4.21. The van der Waals surface area contributed by atoms with Crippen molar-refractivity contribution in [3.8, 4) is 11.5 Å². The molecule has 3 aromatic rings. The average molecular weight is 411 g/mol. The van der Waals surface area contributed by atoms with Crippen LogP contribution in [-0.2, 0) is 9.53 Å². The Labute approximate surface area is 174 Å². The number of esters is 1. The molecule has 0 aliphatic heterocycles. The second-order valence-electron chi connectivity index (χ2n) is 6.51. The quantitative estimate of drug-likeness (QED) is 0.371. The lowest BCUT2D eigenvalue weighted by atomic mass is 10.2. The number of carbonyl (C=O) groups is 2. The number of nitrogens with zero attached hydrogens (tertiary/aromatic N) is 1. The van der Waals surface area contributed by atoms with Crippen LogP contribution in [-0.4, -0.2) is 48.4 Å². The molecular formula is C22H25N3O5. The second kappa shape index (κ2) is 10.8. The molecule has 0 spiro atoms. The highest BCUT2D eigenvalue weighted by molar-refractivity contribution is 6.04. The van der Waals surface area contributed by atoms with E-state index in [1.165, 1.54) is 0 Å². The summed E-state index contributed by atoms with van der Waals surface area (Å²) in [7, 11) is 0. The molecule has 0 bridgehead atoms. The minimum atomic E-state index is -0.408. The van der Waals surface area contributed by atoms with Crippen molar-refractivity contribution in [2.45, 2.75) is 19.8 Å². The first-order valence-corrected chi connectivity index (χ1v) is 9.90. The van der Waals surface area contributed by atoms with Crippen LogP contribution in [0, 0.1) is 0 Å². The van der Waals surface area contributed by atoms with Gasteiger partial charge in [0, 0.05) is 11.9 Å². The van der Waals surface area contributed by atoms with Crippen LogP contribution in [0.4, 0.5) is 0 Å². The molecule has 0 unspecified atom stereocenters. The fourth-order valence-electron chi connectivity index (χ4n) is 2.74. The van der Waals surface area contributed by atoms with Crippen LogP contribution < -0.4 is 14.8 Å². The lowest BCUT2D eigenvalue weighted by Gasteiger charge is -2.09. The molecular weight excluding hydrogens is 386 g/mol. The van der Waals surface area contributed by atoms with Gasteiger partial charge in [0.15, 0.2) is 5.69 Å². The molecule has 8 nitrogen and oxygen atoms in total. The van der Waals surface area contributed by atoms with Crippen molar-refractivity contribution in [1.29, 1.82) is 0 Å². The molecule has 8 heteroatoms.